The number of halogens is 2. The Labute approximate surface area is 108 Å². The molecule has 90 valence electrons. The van der Waals surface area contributed by atoms with E-state index in [4.69, 9.17) is 10.2 Å². The van der Waals surface area contributed by atoms with Crippen LogP contribution in [0.1, 0.15) is 22.9 Å². The number of furan rings is 1. The highest BCUT2D eigenvalue weighted by atomic mass is 79.9. The second kappa shape index (κ2) is 5.02. The molecule has 0 radical (unpaired) electrons. The first kappa shape index (κ1) is 12.3. The number of nitrogens with two attached hydrogens (primary N) is 1. The molecule has 0 amide bonds. The lowest BCUT2D eigenvalue weighted by Crippen LogP contribution is -2.14. The lowest BCUT2D eigenvalue weighted by molar-refractivity contribution is 0.523. The highest BCUT2D eigenvalue weighted by Crippen LogP contribution is 2.26. The van der Waals surface area contributed by atoms with E-state index in [2.05, 4.69) is 15.9 Å². The van der Waals surface area contributed by atoms with E-state index in [-0.39, 0.29) is 11.9 Å². The summed E-state index contributed by atoms with van der Waals surface area (Å²) in [5.74, 6) is 0.545. The summed E-state index contributed by atoms with van der Waals surface area (Å²) in [4.78, 5) is 0. The first-order chi connectivity index (χ1) is 8.09. The molecule has 2 nitrogen and oxygen atoms in total. The van der Waals surface area contributed by atoms with Gasteiger partial charge in [-0.15, -0.1) is 0 Å². The van der Waals surface area contributed by atoms with E-state index >= 15 is 0 Å². The molecule has 0 aliphatic heterocycles. The average molecular weight is 298 g/mol. The Balaban J connectivity index is 2.22. The maximum absolute atomic E-state index is 13.3. The maximum Gasteiger partial charge on any atom is 0.137 e. The summed E-state index contributed by atoms with van der Waals surface area (Å²) in [5, 5.41) is 0. The predicted octanol–water partition coefficient (Wildman–Crippen LogP) is 3.73. The van der Waals surface area contributed by atoms with Gasteiger partial charge in [0.05, 0.1) is 10.7 Å². The molecule has 2 aromatic rings. The summed E-state index contributed by atoms with van der Waals surface area (Å²) in [7, 11) is 0. The number of aryl methyl sites for hydroxylation is 1. The van der Waals surface area contributed by atoms with Crippen molar-refractivity contribution in [2.75, 3.05) is 0 Å². The molecule has 0 fully saturated rings. The van der Waals surface area contributed by atoms with Crippen molar-refractivity contribution >= 4 is 15.9 Å². The fraction of sp³-hybridized carbons (Fsp3) is 0.231. The zero-order valence-corrected chi connectivity index (χ0v) is 11.0. The minimum Gasteiger partial charge on any atom is -0.469 e. The van der Waals surface area contributed by atoms with Crippen LogP contribution in [0.5, 0.6) is 0 Å². The van der Waals surface area contributed by atoms with Gasteiger partial charge in [-0.3, -0.25) is 0 Å². The monoisotopic (exact) mass is 297 g/mol. The molecular formula is C13H13BrFNO. The van der Waals surface area contributed by atoms with E-state index in [1.807, 2.05) is 19.1 Å². The molecule has 1 atom stereocenters. The van der Waals surface area contributed by atoms with Crippen LogP contribution in [0.3, 0.4) is 0 Å². The van der Waals surface area contributed by atoms with E-state index in [1.165, 1.54) is 6.07 Å². The topological polar surface area (TPSA) is 39.2 Å². The maximum atomic E-state index is 13.3. The van der Waals surface area contributed by atoms with Gasteiger partial charge in [-0.05, 0) is 47.0 Å². The first-order valence-corrected chi connectivity index (χ1v) is 6.11. The van der Waals surface area contributed by atoms with Gasteiger partial charge in [-0.1, -0.05) is 12.1 Å². The van der Waals surface area contributed by atoms with Gasteiger partial charge in [0.2, 0.25) is 0 Å². The van der Waals surface area contributed by atoms with Gasteiger partial charge in [-0.25, -0.2) is 4.39 Å². The number of benzene rings is 1. The highest BCUT2D eigenvalue weighted by molar-refractivity contribution is 9.10. The molecule has 1 aromatic heterocycles. The van der Waals surface area contributed by atoms with Crippen molar-refractivity contribution < 1.29 is 8.81 Å². The Morgan fingerprint density at radius 1 is 1.41 bits per heavy atom. The summed E-state index contributed by atoms with van der Waals surface area (Å²) in [5.41, 5.74) is 7.91. The molecule has 4 heteroatoms. The van der Waals surface area contributed by atoms with Crippen molar-refractivity contribution in [3.05, 3.63) is 57.7 Å². The van der Waals surface area contributed by atoms with Crippen molar-refractivity contribution in [1.29, 1.82) is 0 Å². The number of hydrogen-bond donors (Lipinski definition) is 1. The highest BCUT2D eigenvalue weighted by Gasteiger charge is 2.14. The molecule has 1 heterocycles. The van der Waals surface area contributed by atoms with Crippen molar-refractivity contribution in [1.82, 2.24) is 0 Å². The van der Waals surface area contributed by atoms with Crippen molar-refractivity contribution in [3.8, 4) is 0 Å². The summed E-state index contributed by atoms with van der Waals surface area (Å²) >= 11 is 3.24. The Bertz CT molecular complexity index is 524. The average Bonchev–Trinajstić information content (AvgIpc) is 2.71. The largest absolute Gasteiger partial charge is 0.469 e. The van der Waals surface area contributed by atoms with Crippen LogP contribution >= 0.6 is 15.9 Å². The lowest BCUT2D eigenvalue weighted by atomic mass is 10.0. The summed E-state index contributed by atoms with van der Waals surface area (Å²) in [6.45, 7) is 1.87. The van der Waals surface area contributed by atoms with Crippen LogP contribution in [-0.2, 0) is 6.42 Å². The smallest absolute Gasteiger partial charge is 0.137 e. The van der Waals surface area contributed by atoms with Gasteiger partial charge in [0, 0.05) is 11.6 Å². The standard InChI is InChI=1S/C13H13BrFNO/c1-8-10(5-6-17-8)12(16)7-9-3-2-4-11(15)13(9)14/h2-6,12H,7,16H2,1H3. The molecule has 2 rings (SSSR count). The summed E-state index contributed by atoms with van der Waals surface area (Å²) in [6, 6.07) is 6.63. The van der Waals surface area contributed by atoms with E-state index in [0.29, 0.717) is 10.9 Å². The molecule has 17 heavy (non-hydrogen) atoms. The zero-order chi connectivity index (χ0) is 12.4. The third kappa shape index (κ3) is 2.58. The molecule has 1 aromatic carbocycles. The normalized spacial score (nSPS) is 12.7. The lowest BCUT2D eigenvalue weighted by Gasteiger charge is -2.12. The van der Waals surface area contributed by atoms with Gasteiger partial charge in [0.1, 0.15) is 11.6 Å². The molecular weight excluding hydrogens is 285 g/mol. The van der Waals surface area contributed by atoms with E-state index < -0.39 is 0 Å². The van der Waals surface area contributed by atoms with Crippen LogP contribution in [0, 0.1) is 12.7 Å². The van der Waals surface area contributed by atoms with Crippen molar-refractivity contribution in [2.24, 2.45) is 5.73 Å². The van der Waals surface area contributed by atoms with Gasteiger partial charge in [-0.2, -0.15) is 0 Å². The SMILES string of the molecule is Cc1occc1C(N)Cc1cccc(F)c1Br. The minimum absolute atomic E-state index is 0.188. The van der Waals surface area contributed by atoms with Gasteiger partial charge in [0.25, 0.3) is 0 Å². The number of hydrogen-bond acceptors (Lipinski definition) is 2. The van der Waals surface area contributed by atoms with Crippen LogP contribution in [0.2, 0.25) is 0 Å². The second-order valence-electron chi connectivity index (χ2n) is 3.96. The predicted molar refractivity (Wildman–Crippen MR) is 68.2 cm³/mol. The van der Waals surface area contributed by atoms with Gasteiger partial charge >= 0.3 is 0 Å². The molecule has 0 spiro atoms. The second-order valence-corrected chi connectivity index (χ2v) is 4.75. The molecule has 0 aliphatic carbocycles. The minimum atomic E-state index is -0.265. The van der Waals surface area contributed by atoms with Crippen LogP contribution < -0.4 is 5.73 Å². The van der Waals surface area contributed by atoms with Crippen LogP contribution in [0.4, 0.5) is 4.39 Å². The third-order valence-electron chi connectivity index (χ3n) is 2.77. The Hall–Kier alpha value is -1.13. The summed E-state index contributed by atoms with van der Waals surface area (Å²) in [6.07, 6.45) is 2.18. The van der Waals surface area contributed by atoms with Crippen molar-refractivity contribution in [2.45, 2.75) is 19.4 Å². The van der Waals surface area contributed by atoms with E-state index in [9.17, 15) is 4.39 Å². The van der Waals surface area contributed by atoms with Crippen molar-refractivity contribution in [3.63, 3.8) is 0 Å². The molecule has 0 bridgehead atoms. The Kier molecular flexibility index (Phi) is 3.64. The molecule has 0 saturated carbocycles. The fourth-order valence-electron chi connectivity index (χ4n) is 1.83. The first-order valence-electron chi connectivity index (χ1n) is 5.32. The Morgan fingerprint density at radius 3 is 2.82 bits per heavy atom. The van der Waals surface area contributed by atoms with Gasteiger partial charge in [0.15, 0.2) is 0 Å². The molecule has 0 aliphatic rings. The molecule has 1 unspecified atom stereocenters. The zero-order valence-electron chi connectivity index (χ0n) is 9.41. The Morgan fingerprint density at radius 2 is 2.18 bits per heavy atom. The molecule has 2 N–H and O–H groups in total. The fourth-order valence-corrected chi connectivity index (χ4v) is 2.26. The molecule has 0 saturated heterocycles. The summed E-state index contributed by atoms with van der Waals surface area (Å²) < 4.78 is 19.0. The van der Waals surface area contributed by atoms with Crippen LogP contribution in [0.25, 0.3) is 0 Å². The van der Waals surface area contributed by atoms with E-state index in [1.54, 1.807) is 12.3 Å². The number of rotatable bonds is 3. The van der Waals surface area contributed by atoms with E-state index in [0.717, 1.165) is 16.9 Å². The third-order valence-corrected chi connectivity index (χ3v) is 3.66. The van der Waals surface area contributed by atoms with Crippen LogP contribution in [-0.4, -0.2) is 0 Å². The van der Waals surface area contributed by atoms with Crippen LogP contribution in [0.15, 0.2) is 39.4 Å². The quantitative estimate of drug-likeness (QED) is 0.937. The van der Waals surface area contributed by atoms with Gasteiger partial charge < -0.3 is 10.2 Å².